The van der Waals surface area contributed by atoms with Crippen molar-refractivity contribution < 1.29 is 22.5 Å². The molecule has 4 heterocycles. The van der Waals surface area contributed by atoms with E-state index in [9.17, 15) is 18.0 Å². The van der Waals surface area contributed by atoms with E-state index in [0.717, 1.165) is 10.4 Å². The maximum atomic E-state index is 12.6. The molecule has 0 unspecified atom stereocenters. The van der Waals surface area contributed by atoms with Crippen molar-refractivity contribution in [3.8, 4) is 10.7 Å². The fraction of sp³-hybridized carbons (Fsp3) is 0.267. The van der Waals surface area contributed by atoms with Crippen LogP contribution in [0.5, 0.6) is 0 Å². The third-order valence-electron chi connectivity index (χ3n) is 3.85. The maximum absolute atomic E-state index is 12.6. The second kappa shape index (κ2) is 6.16. The van der Waals surface area contributed by atoms with Crippen LogP contribution in [0.2, 0.25) is 0 Å². The van der Waals surface area contributed by atoms with E-state index in [1.165, 1.54) is 30.1 Å². The summed E-state index contributed by atoms with van der Waals surface area (Å²) in [5.41, 5.74) is 1.25. The van der Waals surface area contributed by atoms with Gasteiger partial charge in [0, 0.05) is 30.4 Å². The minimum atomic E-state index is -4.68. The zero-order valence-electron chi connectivity index (χ0n) is 13.0. The fourth-order valence-electron chi connectivity index (χ4n) is 2.65. The number of hydrogen-bond donors (Lipinski definition) is 0. The summed E-state index contributed by atoms with van der Waals surface area (Å²) < 4.78 is 42.1. The Morgan fingerprint density at radius 1 is 1.27 bits per heavy atom. The molecule has 26 heavy (non-hydrogen) atoms. The molecule has 0 spiro atoms. The van der Waals surface area contributed by atoms with Gasteiger partial charge >= 0.3 is 12.1 Å². The van der Waals surface area contributed by atoms with Crippen LogP contribution in [0.25, 0.3) is 10.7 Å². The van der Waals surface area contributed by atoms with Crippen LogP contribution in [-0.2, 0) is 19.1 Å². The van der Waals surface area contributed by atoms with Crippen molar-refractivity contribution in [1.82, 2.24) is 25.0 Å². The Balaban J connectivity index is 1.56. The lowest BCUT2D eigenvalue weighted by molar-refractivity contribution is -0.159. The number of nitrogens with zero attached hydrogens (tertiary/aromatic N) is 5. The normalized spacial score (nSPS) is 14.3. The van der Waals surface area contributed by atoms with Crippen LogP contribution in [0, 0.1) is 0 Å². The van der Waals surface area contributed by atoms with E-state index in [1.54, 1.807) is 11.0 Å². The largest absolute Gasteiger partial charge is 0.471 e. The Kier molecular flexibility index (Phi) is 3.94. The van der Waals surface area contributed by atoms with E-state index in [1.807, 2.05) is 0 Å². The highest BCUT2D eigenvalue weighted by Crippen LogP contribution is 2.35. The molecule has 7 nitrogen and oxygen atoms in total. The van der Waals surface area contributed by atoms with Gasteiger partial charge in [0.05, 0.1) is 10.4 Å². The van der Waals surface area contributed by atoms with Crippen molar-refractivity contribution in [1.29, 1.82) is 0 Å². The van der Waals surface area contributed by atoms with E-state index >= 15 is 0 Å². The number of hydrogen-bond acceptors (Lipinski definition) is 7. The van der Waals surface area contributed by atoms with Crippen molar-refractivity contribution in [3.05, 3.63) is 46.7 Å². The summed E-state index contributed by atoms with van der Waals surface area (Å²) in [7, 11) is 0. The Hall–Kier alpha value is -2.82. The molecule has 11 heteroatoms. The van der Waals surface area contributed by atoms with Crippen LogP contribution in [0.15, 0.2) is 29.3 Å². The molecule has 3 aromatic rings. The number of thiophene rings is 1. The summed E-state index contributed by atoms with van der Waals surface area (Å²) in [4.78, 5) is 26.7. The van der Waals surface area contributed by atoms with Crippen molar-refractivity contribution in [2.75, 3.05) is 6.54 Å². The summed E-state index contributed by atoms with van der Waals surface area (Å²) in [5.74, 6) is -1.67. The molecule has 1 aliphatic rings. The van der Waals surface area contributed by atoms with Crippen molar-refractivity contribution in [3.63, 3.8) is 0 Å². The third-order valence-corrected chi connectivity index (χ3v) is 5.08. The van der Waals surface area contributed by atoms with E-state index in [2.05, 4.69) is 24.6 Å². The highest BCUT2D eigenvalue weighted by atomic mass is 32.1. The molecule has 1 aliphatic heterocycles. The molecule has 0 atom stereocenters. The molecule has 3 aromatic heterocycles. The van der Waals surface area contributed by atoms with Gasteiger partial charge in [0.15, 0.2) is 0 Å². The van der Waals surface area contributed by atoms with E-state index in [-0.39, 0.29) is 11.7 Å². The third kappa shape index (κ3) is 3.05. The van der Waals surface area contributed by atoms with Crippen molar-refractivity contribution >= 4 is 17.2 Å². The topological polar surface area (TPSA) is 85.0 Å². The Morgan fingerprint density at radius 2 is 2.04 bits per heavy atom. The minimum absolute atomic E-state index is 0.105. The predicted octanol–water partition coefficient (Wildman–Crippen LogP) is 2.81. The van der Waals surface area contributed by atoms with Gasteiger partial charge in [-0.1, -0.05) is 5.16 Å². The van der Waals surface area contributed by atoms with Crippen molar-refractivity contribution in [2.45, 2.75) is 19.1 Å². The molecule has 0 saturated heterocycles. The molecule has 0 fully saturated rings. The molecule has 0 N–H and O–H groups in total. The molecular formula is C15H10F3N5O2S. The molecule has 4 rings (SSSR count). The van der Waals surface area contributed by atoms with Gasteiger partial charge < -0.3 is 9.42 Å². The number of alkyl halides is 3. The minimum Gasteiger partial charge on any atom is -0.334 e. The highest BCUT2D eigenvalue weighted by molar-refractivity contribution is 7.15. The molecule has 0 saturated carbocycles. The van der Waals surface area contributed by atoms with E-state index in [0.29, 0.717) is 30.0 Å². The van der Waals surface area contributed by atoms with Gasteiger partial charge in [-0.2, -0.15) is 18.2 Å². The average molecular weight is 381 g/mol. The van der Waals surface area contributed by atoms with Gasteiger partial charge in [-0.05, 0) is 18.1 Å². The van der Waals surface area contributed by atoms with Crippen molar-refractivity contribution in [2.24, 2.45) is 0 Å². The molecule has 0 aromatic carbocycles. The number of carbonyl (C=O) groups excluding carboxylic acids is 1. The second-order valence-corrected chi connectivity index (χ2v) is 6.72. The zero-order chi connectivity index (χ0) is 18.3. The molecular weight excluding hydrogens is 371 g/mol. The molecule has 1 amide bonds. The maximum Gasteiger partial charge on any atom is 0.471 e. The lowest BCUT2D eigenvalue weighted by Gasteiger charge is -2.26. The van der Waals surface area contributed by atoms with Crippen LogP contribution in [0.4, 0.5) is 13.2 Å². The predicted molar refractivity (Wildman–Crippen MR) is 83.1 cm³/mol. The SMILES string of the molecule is O=C(c1cncnc1)N1CCc2sc(-c3noc(C(F)(F)F)n3)cc2C1. The van der Waals surface area contributed by atoms with Gasteiger partial charge in [-0.15, -0.1) is 11.3 Å². The van der Waals surface area contributed by atoms with Gasteiger partial charge in [0.2, 0.25) is 5.82 Å². The Bertz CT molecular complexity index is 954. The number of amides is 1. The van der Waals surface area contributed by atoms with Crippen LogP contribution in [0.1, 0.15) is 26.7 Å². The summed E-state index contributed by atoms with van der Waals surface area (Å²) in [5, 5.41) is 3.41. The zero-order valence-corrected chi connectivity index (χ0v) is 13.8. The first kappa shape index (κ1) is 16.6. The monoisotopic (exact) mass is 381 g/mol. The van der Waals surface area contributed by atoms with E-state index in [4.69, 9.17) is 0 Å². The number of carbonyl (C=O) groups is 1. The van der Waals surface area contributed by atoms with Crippen LogP contribution < -0.4 is 0 Å². The van der Waals surface area contributed by atoms with E-state index < -0.39 is 12.1 Å². The molecule has 0 radical (unpaired) electrons. The first-order chi connectivity index (χ1) is 12.4. The van der Waals surface area contributed by atoms with Gasteiger partial charge in [0.1, 0.15) is 6.33 Å². The fourth-order valence-corrected chi connectivity index (χ4v) is 3.74. The number of rotatable bonds is 2. The highest BCUT2D eigenvalue weighted by Gasteiger charge is 2.38. The van der Waals surface area contributed by atoms with Crippen LogP contribution in [0.3, 0.4) is 0 Å². The summed E-state index contributed by atoms with van der Waals surface area (Å²) in [6.07, 6.45) is 0.159. The number of halogens is 3. The standard InChI is InChI=1S/C15H10F3N5O2S/c16-15(17,18)14-21-12(22-25-14)11-3-8-6-23(2-1-10(8)26-11)13(24)9-4-19-7-20-5-9/h3-5,7H,1-2,6H2. The first-order valence-corrected chi connectivity index (χ1v) is 8.30. The lowest BCUT2D eigenvalue weighted by Crippen LogP contribution is -2.35. The van der Waals surface area contributed by atoms with Gasteiger partial charge in [-0.25, -0.2) is 9.97 Å². The molecule has 0 bridgehead atoms. The van der Waals surface area contributed by atoms with Crippen LogP contribution in [-0.4, -0.2) is 37.5 Å². The number of fused-ring (bicyclic) bond motifs is 1. The average Bonchev–Trinajstić information content (AvgIpc) is 3.27. The smallest absolute Gasteiger partial charge is 0.334 e. The lowest BCUT2D eigenvalue weighted by atomic mass is 10.1. The van der Waals surface area contributed by atoms with Gasteiger partial charge in [0.25, 0.3) is 5.91 Å². The molecule has 134 valence electrons. The summed E-state index contributed by atoms with van der Waals surface area (Å²) in [6, 6.07) is 1.70. The number of aromatic nitrogens is 4. The summed E-state index contributed by atoms with van der Waals surface area (Å²) >= 11 is 1.31. The van der Waals surface area contributed by atoms with Gasteiger partial charge in [-0.3, -0.25) is 4.79 Å². The second-order valence-electron chi connectivity index (χ2n) is 5.58. The van der Waals surface area contributed by atoms with Crippen LogP contribution >= 0.6 is 11.3 Å². The molecule has 0 aliphatic carbocycles. The summed E-state index contributed by atoms with van der Waals surface area (Å²) in [6.45, 7) is 0.851. The Labute approximate surface area is 148 Å². The first-order valence-electron chi connectivity index (χ1n) is 7.49. The Morgan fingerprint density at radius 3 is 2.73 bits per heavy atom. The quantitative estimate of drug-likeness (QED) is 0.679.